The maximum Gasteiger partial charge on any atom is 0.237 e. The van der Waals surface area contributed by atoms with E-state index in [0.29, 0.717) is 5.75 Å². The molecule has 0 radical (unpaired) electrons. The second-order valence-corrected chi connectivity index (χ2v) is 10.1. The fourth-order valence-electron chi connectivity index (χ4n) is 2.72. The lowest BCUT2D eigenvalue weighted by Crippen LogP contribution is -2.36. The molecule has 2 aromatic heterocycles. The Balaban J connectivity index is 1.28. The van der Waals surface area contributed by atoms with Crippen LogP contribution in [0.1, 0.15) is 4.88 Å². The largest absolute Gasteiger partial charge is 0.360 e. The van der Waals surface area contributed by atoms with Crippen molar-refractivity contribution < 1.29 is 4.79 Å². The summed E-state index contributed by atoms with van der Waals surface area (Å²) in [6.07, 6.45) is 0.977. The van der Waals surface area contributed by atoms with Crippen LogP contribution in [0.2, 0.25) is 0 Å². The van der Waals surface area contributed by atoms with E-state index in [1.165, 1.54) is 32.9 Å². The smallest absolute Gasteiger partial charge is 0.237 e. The first kappa shape index (κ1) is 18.8. The topological polar surface area (TPSA) is 58.1 Å². The van der Waals surface area contributed by atoms with Crippen molar-refractivity contribution in [3.8, 4) is 0 Å². The fraction of sp³-hybridized carbons (Fsp3) is 0.278. The molecule has 1 N–H and O–H groups in total. The number of anilines is 2. The number of para-hydroxylation sites is 1. The van der Waals surface area contributed by atoms with Crippen molar-refractivity contribution in [3.05, 3.63) is 46.7 Å². The van der Waals surface area contributed by atoms with E-state index in [0.717, 1.165) is 40.4 Å². The maximum absolute atomic E-state index is 12.7. The van der Waals surface area contributed by atoms with Crippen molar-refractivity contribution in [2.24, 2.45) is 0 Å². The fourth-order valence-corrected chi connectivity index (χ4v) is 6.07. The monoisotopic (exact) mass is 434 g/mol. The number of amides is 1. The van der Waals surface area contributed by atoms with Gasteiger partial charge in [0.15, 0.2) is 4.34 Å². The van der Waals surface area contributed by atoms with Crippen LogP contribution in [0.15, 0.2) is 51.0 Å². The second kappa shape index (κ2) is 9.09. The molecule has 1 aliphatic heterocycles. The van der Waals surface area contributed by atoms with Crippen molar-refractivity contribution in [2.75, 3.05) is 34.8 Å². The van der Waals surface area contributed by atoms with Crippen LogP contribution in [-0.2, 0) is 11.2 Å². The Morgan fingerprint density at radius 2 is 2.15 bits per heavy atom. The highest BCUT2D eigenvalue weighted by molar-refractivity contribution is 8.01. The highest BCUT2D eigenvalue weighted by atomic mass is 32.2. The minimum atomic E-state index is 0.121. The molecule has 1 aliphatic rings. The Morgan fingerprint density at radius 3 is 3.04 bits per heavy atom. The number of rotatable bonds is 7. The van der Waals surface area contributed by atoms with Crippen LogP contribution in [0.25, 0.3) is 0 Å². The summed E-state index contributed by atoms with van der Waals surface area (Å²) in [5.41, 5.74) is 1.02. The number of hydrogen-bond acceptors (Lipinski definition) is 8. The van der Waals surface area contributed by atoms with Gasteiger partial charge in [-0.2, -0.15) is 0 Å². The second-order valence-electron chi connectivity index (χ2n) is 5.78. The van der Waals surface area contributed by atoms with Crippen molar-refractivity contribution >= 4 is 62.9 Å². The minimum absolute atomic E-state index is 0.121. The van der Waals surface area contributed by atoms with Gasteiger partial charge in [0.05, 0.1) is 11.4 Å². The molecule has 9 heteroatoms. The first-order chi connectivity index (χ1) is 13.3. The zero-order valence-electron chi connectivity index (χ0n) is 14.5. The molecule has 0 spiro atoms. The Hall–Kier alpha value is -1.55. The molecule has 0 fully saturated rings. The summed E-state index contributed by atoms with van der Waals surface area (Å²) in [5, 5.41) is 14.6. The molecule has 3 heterocycles. The van der Waals surface area contributed by atoms with Gasteiger partial charge in [-0.05, 0) is 30.0 Å². The van der Waals surface area contributed by atoms with Crippen LogP contribution in [-0.4, -0.2) is 40.7 Å². The van der Waals surface area contributed by atoms with Gasteiger partial charge in [0.1, 0.15) is 0 Å². The minimum Gasteiger partial charge on any atom is -0.360 e. The van der Waals surface area contributed by atoms with E-state index >= 15 is 0 Å². The van der Waals surface area contributed by atoms with Crippen LogP contribution >= 0.6 is 46.2 Å². The van der Waals surface area contributed by atoms with Crippen molar-refractivity contribution in [1.29, 1.82) is 0 Å². The van der Waals surface area contributed by atoms with Gasteiger partial charge in [0, 0.05) is 28.6 Å². The number of carbonyl (C=O) groups is 1. The molecule has 0 saturated carbocycles. The van der Waals surface area contributed by atoms with E-state index in [4.69, 9.17) is 0 Å². The molecule has 0 atom stereocenters. The molecule has 5 nitrogen and oxygen atoms in total. The van der Waals surface area contributed by atoms with Crippen LogP contribution in [0.4, 0.5) is 10.8 Å². The third-order valence-electron chi connectivity index (χ3n) is 3.98. The Morgan fingerprint density at radius 1 is 1.22 bits per heavy atom. The summed E-state index contributed by atoms with van der Waals surface area (Å²) in [5.74, 6) is 1.43. The molecule has 1 amide bonds. The van der Waals surface area contributed by atoms with Gasteiger partial charge in [0.2, 0.25) is 11.0 Å². The maximum atomic E-state index is 12.7. The zero-order valence-corrected chi connectivity index (χ0v) is 17.7. The number of thiophene rings is 1. The number of fused-ring (bicyclic) bond motifs is 1. The molecule has 140 valence electrons. The number of hydrogen-bond donors (Lipinski definition) is 1. The van der Waals surface area contributed by atoms with Crippen LogP contribution in [0.3, 0.4) is 0 Å². The van der Waals surface area contributed by atoms with Gasteiger partial charge < -0.3 is 10.2 Å². The van der Waals surface area contributed by atoms with E-state index < -0.39 is 0 Å². The highest BCUT2D eigenvalue weighted by Crippen LogP contribution is 2.35. The Labute approximate surface area is 174 Å². The standard InChI is InChI=1S/C18H18N4OS4/c23-16(22-9-11-25-15-6-2-1-5-14(15)22)12-26-18-21-20-17(27-18)19-8-7-13-4-3-10-24-13/h1-6,10H,7-9,11-12H2,(H,19,20). The Bertz CT molecular complexity index is 896. The van der Waals surface area contributed by atoms with Crippen LogP contribution in [0.5, 0.6) is 0 Å². The quantitative estimate of drug-likeness (QED) is 0.553. The third-order valence-corrected chi connectivity index (χ3v) is 7.96. The Kier molecular flexibility index (Phi) is 6.33. The first-order valence-corrected chi connectivity index (χ1v) is 12.2. The normalized spacial score (nSPS) is 13.4. The van der Waals surface area contributed by atoms with Crippen LogP contribution < -0.4 is 10.2 Å². The molecule has 4 rings (SSSR count). The van der Waals surface area contributed by atoms with Gasteiger partial charge in [-0.25, -0.2) is 0 Å². The number of nitrogens with zero attached hydrogens (tertiary/aromatic N) is 3. The van der Waals surface area contributed by atoms with E-state index in [1.54, 1.807) is 23.1 Å². The van der Waals surface area contributed by atoms with Gasteiger partial charge in [-0.1, -0.05) is 41.3 Å². The lowest BCUT2D eigenvalue weighted by atomic mass is 10.3. The zero-order chi connectivity index (χ0) is 18.5. The molecule has 0 unspecified atom stereocenters. The summed E-state index contributed by atoms with van der Waals surface area (Å²) in [6, 6.07) is 12.3. The van der Waals surface area contributed by atoms with Crippen molar-refractivity contribution in [2.45, 2.75) is 15.7 Å². The van der Waals surface area contributed by atoms with E-state index in [2.05, 4.69) is 39.1 Å². The van der Waals surface area contributed by atoms with E-state index in [9.17, 15) is 4.79 Å². The van der Waals surface area contributed by atoms with Gasteiger partial charge in [-0.15, -0.1) is 33.3 Å². The third kappa shape index (κ3) is 4.84. The number of aromatic nitrogens is 2. The average molecular weight is 435 g/mol. The molecule has 0 saturated heterocycles. The average Bonchev–Trinajstić information content (AvgIpc) is 3.38. The van der Waals surface area contributed by atoms with E-state index in [1.807, 2.05) is 23.1 Å². The molecular formula is C18H18N4OS4. The first-order valence-electron chi connectivity index (χ1n) is 8.54. The van der Waals surface area contributed by atoms with Crippen molar-refractivity contribution in [3.63, 3.8) is 0 Å². The summed E-state index contributed by atoms with van der Waals surface area (Å²) in [4.78, 5) is 17.1. The van der Waals surface area contributed by atoms with E-state index in [-0.39, 0.29) is 5.91 Å². The number of benzene rings is 1. The SMILES string of the molecule is O=C(CSc1nnc(NCCc2cccs2)s1)N1CCSc2ccccc21. The number of thioether (sulfide) groups is 2. The predicted molar refractivity (Wildman–Crippen MR) is 117 cm³/mol. The summed E-state index contributed by atoms with van der Waals surface area (Å²) in [7, 11) is 0. The molecule has 1 aromatic carbocycles. The lowest BCUT2D eigenvalue weighted by molar-refractivity contribution is -0.116. The molecule has 3 aromatic rings. The lowest BCUT2D eigenvalue weighted by Gasteiger charge is -2.28. The molecule has 27 heavy (non-hydrogen) atoms. The summed E-state index contributed by atoms with van der Waals surface area (Å²) >= 11 is 6.53. The van der Waals surface area contributed by atoms with Gasteiger partial charge in [0.25, 0.3) is 0 Å². The molecular weight excluding hydrogens is 416 g/mol. The van der Waals surface area contributed by atoms with Gasteiger partial charge >= 0.3 is 0 Å². The van der Waals surface area contributed by atoms with Crippen LogP contribution in [0, 0.1) is 0 Å². The number of nitrogens with one attached hydrogen (secondary N) is 1. The van der Waals surface area contributed by atoms with Crippen molar-refractivity contribution in [1.82, 2.24) is 10.2 Å². The summed E-state index contributed by atoms with van der Waals surface area (Å²) in [6.45, 7) is 1.59. The molecule has 0 aliphatic carbocycles. The predicted octanol–water partition coefficient (Wildman–Crippen LogP) is 4.49. The molecule has 0 bridgehead atoms. The van der Waals surface area contributed by atoms with Gasteiger partial charge in [-0.3, -0.25) is 4.79 Å². The number of carbonyl (C=O) groups excluding carboxylic acids is 1. The highest BCUT2D eigenvalue weighted by Gasteiger charge is 2.22. The summed E-state index contributed by atoms with van der Waals surface area (Å²) < 4.78 is 0.821.